The van der Waals surface area contributed by atoms with Gasteiger partial charge >= 0.3 is 0 Å². The van der Waals surface area contributed by atoms with Crippen molar-refractivity contribution in [2.75, 3.05) is 7.11 Å². The molecule has 0 aliphatic carbocycles. The number of carbonyl (C=O) groups is 1. The van der Waals surface area contributed by atoms with Crippen molar-refractivity contribution in [1.82, 2.24) is 0 Å². The largest absolute Gasteiger partial charge is 0.504 e. The molecule has 0 spiro atoms. The van der Waals surface area contributed by atoms with Crippen molar-refractivity contribution in [3.05, 3.63) is 52.8 Å². The fourth-order valence-corrected chi connectivity index (χ4v) is 3.33. The molecule has 0 amide bonds. The van der Waals surface area contributed by atoms with Crippen LogP contribution < -0.4 is 14.2 Å². The summed E-state index contributed by atoms with van der Waals surface area (Å²) in [6.45, 7) is 4.11. The highest BCUT2D eigenvalue weighted by Gasteiger charge is 2.35. The predicted octanol–water partition coefficient (Wildman–Crippen LogP) is 4.12. The zero-order chi connectivity index (χ0) is 18.5. The number of methoxy groups -OCH3 is 1. The van der Waals surface area contributed by atoms with Crippen molar-refractivity contribution in [2.45, 2.75) is 32.3 Å². The highest BCUT2D eigenvalue weighted by Crippen LogP contribution is 2.44. The number of hydrogen-bond acceptors (Lipinski definition) is 5. The third-order valence-corrected chi connectivity index (χ3v) is 4.76. The van der Waals surface area contributed by atoms with Gasteiger partial charge in [-0.1, -0.05) is 6.07 Å². The zero-order valence-electron chi connectivity index (χ0n) is 15.0. The van der Waals surface area contributed by atoms with E-state index in [-0.39, 0.29) is 22.9 Å². The number of benzene rings is 2. The van der Waals surface area contributed by atoms with E-state index in [0.29, 0.717) is 22.6 Å². The van der Waals surface area contributed by atoms with Gasteiger partial charge in [-0.05, 0) is 62.6 Å². The van der Waals surface area contributed by atoms with Crippen molar-refractivity contribution < 1.29 is 24.1 Å². The van der Waals surface area contributed by atoms with Crippen LogP contribution in [0.25, 0.3) is 6.08 Å². The number of ether oxygens (including phenoxy) is 3. The Morgan fingerprint density at radius 1 is 1.23 bits per heavy atom. The second-order valence-corrected chi connectivity index (χ2v) is 7.15. The highest BCUT2D eigenvalue weighted by molar-refractivity contribution is 6.15. The summed E-state index contributed by atoms with van der Waals surface area (Å²) in [4.78, 5) is 12.7. The van der Waals surface area contributed by atoms with E-state index in [9.17, 15) is 9.90 Å². The summed E-state index contributed by atoms with van der Waals surface area (Å²) in [6, 6.07) is 8.49. The second-order valence-electron chi connectivity index (χ2n) is 7.15. The lowest BCUT2D eigenvalue weighted by Crippen LogP contribution is -2.32. The molecule has 0 saturated heterocycles. The first-order valence-corrected chi connectivity index (χ1v) is 8.54. The van der Waals surface area contributed by atoms with E-state index in [4.69, 9.17) is 14.2 Å². The van der Waals surface area contributed by atoms with Crippen LogP contribution in [0, 0.1) is 0 Å². The van der Waals surface area contributed by atoms with Crippen LogP contribution >= 0.6 is 0 Å². The summed E-state index contributed by atoms with van der Waals surface area (Å²) in [5.74, 6) is 1.87. The molecule has 2 aliphatic heterocycles. The maximum Gasteiger partial charge on any atom is 0.231 e. The minimum atomic E-state index is -0.217. The van der Waals surface area contributed by atoms with E-state index >= 15 is 0 Å². The first-order chi connectivity index (χ1) is 12.4. The molecule has 0 unspecified atom stereocenters. The molecule has 2 aliphatic rings. The Morgan fingerprint density at radius 2 is 2.04 bits per heavy atom. The van der Waals surface area contributed by atoms with Crippen molar-refractivity contribution >= 4 is 11.9 Å². The van der Waals surface area contributed by atoms with Crippen molar-refractivity contribution in [1.29, 1.82) is 0 Å². The van der Waals surface area contributed by atoms with Crippen molar-refractivity contribution in [3.63, 3.8) is 0 Å². The number of ketones is 1. The van der Waals surface area contributed by atoms with Gasteiger partial charge < -0.3 is 19.3 Å². The molecule has 4 rings (SSSR count). The predicted molar refractivity (Wildman–Crippen MR) is 97.1 cm³/mol. The molecule has 0 bridgehead atoms. The Balaban J connectivity index is 1.71. The number of hydrogen-bond donors (Lipinski definition) is 1. The van der Waals surface area contributed by atoms with Crippen LogP contribution in [-0.2, 0) is 6.42 Å². The summed E-state index contributed by atoms with van der Waals surface area (Å²) < 4.78 is 17.1. The first kappa shape index (κ1) is 16.5. The molecule has 0 atom stereocenters. The molecule has 0 radical (unpaired) electrons. The average molecular weight is 352 g/mol. The molecule has 2 aromatic carbocycles. The van der Waals surface area contributed by atoms with Gasteiger partial charge in [-0.15, -0.1) is 0 Å². The van der Waals surface area contributed by atoms with Crippen molar-refractivity contribution in [3.8, 4) is 23.0 Å². The van der Waals surface area contributed by atoms with Crippen molar-refractivity contribution in [2.24, 2.45) is 0 Å². The molecule has 2 aromatic rings. The molecular formula is C21H20O5. The maximum absolute atomic E-state index is 12.7. The van der Waals surface area contributed by atoms with Gasteiger partial charge in [0.1, 0.15) is 17.1 Å². The van der Waals surface area contributed by atoms with E-state index in [0.717, 1.165) is 24.2 Å². The van der Waals surface area contributed by atoms with Crippen LogP contribution in [0.15, 0.2) is 36.1 Å². The fourth-order valence-electron chi connectivity index (χ4n) is 3.33. The van der Waals surface area contributed by atoms with Gasteiger partial charge in [0.2, 0.25) is 5.78 Å². The Hall–Kier alpha value is -2.95. The molecule has 5 heteroatoms. The number of phenols is 1. The number of rotatable bonds is 2. The Labute approximate surface area is 151 Å². The minimum absolute atomic E-state index is 0.0467. The fraction of sp³-hybridized carbons (Fsp3) is 0.286. The smallest absolute Gasteiger partial charge is 0.231 e. The Kier molecular flexibility index (Phi) is 3.68. The standard InChI is InChI=1S/C21H20O5/c1-21(2)9-8-13-16(26-21)7-5-14-19(23)18(25-20(13)14)11-12-4-6-15(22)17(10-12)24-3/h4-7,10-11,22H,8-9H2,1-3H3/b18-11-. The van der Waals surface area contributed by atoms with Gasteiger partial charge in [-0.25, -0.2) is 0 Å². The third-order valence-electron chi connectivity index (χ3n) is 4.76. The van der Waals surface area contributed by atoms with Gasteiger partial charge in [0, 0.05) is 5.56 Å². The maximum atomic E-state index is 12.7. The highest BCUT2D eigenvalue weighted by atomic mass is 16.5. The molecule has 0 saturated carbocycles. The van der Waals surface area contributed by atoms with Crippen LogP contribution in [0.2, 0.25) is 0 Å². The summed E-state index contributed by atoms with van der Waals surface area (Å²) >= 11 is 0. The van der Waals surface area contributed by atoms with E-state index in [2.05, 4.69) is 13.8 Å². The summed E-state index contributed by atoms with van der Waals surface area (Å²) in [5, 5.41) is 9.71. The number of phenolic OH excluding ortho intramolecular Hbond substituents is 1. The molecule has 0 fully saturated rings. The number of aromatic hydroxyl groups is 1. The van der Waals surface area contributed by atoms with E-state index < -0.39 is 0 Å². The summed E-state index contributed by atoms with van der Waals surface area (Å²) in [7, 11) is 1.48. The van der Waals surface area contributed by atoms with Crippen LogP contribution in [-0.4, -0.2) is 23.6 Å². The zero-order valence-corrected chi connectivity index (χ0v) is 15.0. The molecular weight excluding hydrogens is 332 g/mol. The number of Topliss-reactive ketones (excluding diaryl/α,β-unsaturated/α-hetero) is 1. The lowest BCUT2D eigenvalue weighted by Gasteiger charge is -2.33. The van der Waals surface area contributed by atoms with Gasteiger partial charge in [-0.2, -0.15) is 0 Å². The molecule has 134 valence electrons. The Morgan fingerprint density at radius 3 is 2.81 bits per heavy atom. The lowest BCUT2D eigenvalue weighted by atomic mass is 9.92. The van der Waals surface area contributed by atoms with E-state index in [1.54, 1.807) is 24.3 Å². The van der Waals surface area contributed by atoms with Gasteiger partial charge in [-0.3, -0.25) is 4.79 Å². The van der Waals surface area contributed by atoms with E-state index in [1.165, 1.54) is 13.2 Å². The second kappa shape index (κ2) is 5.80. The lowest BCUT2D eigenvalue weighted by molar-refractivity contribution is 0.0838. The quantitative estimate of drug-likeness (QED) is 0.824. The topological polar surface area (TPSA) is 65.0 Å². The van der Waals surface area contributed by atoms with Crippen LogP contribution in [0.1, 0.15) is 41.8 Å². The molecule has 26 heavy (non-hydrogen) atoms. The average Bonchev–Trinajstić information content (AvgIpc) is 2.91. The normalized spacial score (nSPS) is 18.7. The number of fused-ring (bicyclic) bond motifs is 3. The number of carbonyl (C=O) groups excluding carboxylic acids is 1. The molecule has 0 aromatic heterocycles. The SMILES string of the molecule is COc1cc(/C=C2\Oc3c(ccc4c3CCC(C)(C)O4)C2=O)ccc1O. The van der Waals surface area contributed by atoms with Gasteiger partial charge in [0.05, 0.1) is 12.7 Å². The monoisotopic (exact) mass is 352 g/mol. The first-order valence-electron chi connectivity index (χ1n) is 8.54. The van der Waals surface area contributed by atoms with Gasteiger partial charge in [0.15, 0.2) is 17.3 Å². The molecule has 5 nitrogen and oxygen atoms in total. The molecule has 1 N–H and O–H groups in total. The summed E-state index contributed by atoms with van der Waals surface area (Å²) in [5.41, 5.74) is 2.00. The Bertz CT molecular complexity index is 940. The molecule has 2 heterocycles. The van der Waals surface area contributed by atoms with Crippen LogP contribution in [0.5, 0.6) is 23.0 Å². The van der Waals surface area contributed by atoms with E-state index in [1.807, 2.05) is 6.07 Å². The number of allylic oxidation sites excluding steroid dienone is 1. The van der Waals surface area contributed by atoms with Crippen LogP contribution in [0.3, 0.4) is 0 Å². The van der Waals surface area contributed by atoms with Gasteiger partial charge in [0.25, 0.3) is 0 Å². The van der Waals surface area contributed by atoms with Crippen LogP contribution in [0.4, 0.5) is 0 Å². The minimum Gasteiger partial charge on any atom is -0.504 e. The summed E-state index contributed by atoms with van der Waals surface area (Å²) in [6.07, 6.45) is 3.33. The third kappa shape index (κ3) is 2.69.